The van der Waals surface area contributed by atoms with Crippen LogP contribution in [0.15, 0.2) is 39.5 Å². The monoisotopic (exact) mass is 310 g/mol. The Morgan fingerprint density at radius 2 is 1.96 bits per heavy atom. The van der Waals surface area contributed by atoms with Gasteiger partial charge in [0, 0.05) is 5.56 Å². The van der Waals surface area contributed by atoms with E-state index in [0.717, 1.165) is 18.4 Å². The Morgan fingerprint density at radius 1 is 1.17 bits per heavy atom. The summed E-state index contributed by atoms with van der Waals surface area (Å²) in [7, 11) is 1.56. The molecule has 3 aromatic rings. The lowest BCUT2D eigenvalue weighted by Crippen LogP contribution is -2.33. The molecule has 0 saturated heterocycles. The normalized spacial score (nSPS) is 16.1. The van der Waals surface area contributed by atoms with Crippen LogP contribution < -0.4 is 14.9 Å². The number of rotatable bonds is 1. The molecule has 2 heterocycles. The maximum Gasteiger partial charge on any atom is 0.204 e. The highest BCUT2D eigenvalue weighted by Crippen LogP contribution is 2.44. The van der Waals surface area contributed by atoms with Crippen molar-refractivity contribution in [2.24, 2.45) is 0 Å². The summed E-state index contributed by atoms with van der Waals surface area (Å²) in [5.74, 6) is 1.14. The van der Waals surface area contributed by atoms with Gasteiger partial charge in [-0.2, -0.15) is 0 Å². The first-order valence-electron chi connectivity index (χ1n) is 7.74. The number of fused-ring (bicyclic) bond motifs is 3. The van der Waals surface area contributed by atoms with Gasteiger partial charge in [-0.3, -0.25) is 4.79 Å². The Hall–Kier alpha value is -2.49. The van der Waals surface area contributed by atoms with Crippen LogP contribution in [-0.2, 0) is 6.42 Å². The van der Waals surface area contributed by atoms with Gasteiger partial charge in [0.2, 0.25) is 5.43 Å². The molecule has 23 heavy (non-hydrogen) atoms. The molecule has 0 saturated carbocycles. The van der Waals surface area contributed by atoms with Gasteiger partial charge in [-0.25, -0.2) is 0 Å². The molecule has 0 radical (unpaired) electrons. The highest BCUT2D eigenvalue weighted by atomic mass is 16.5. The molecular weight excluding hydrogens is 292 g/mol. The summed E-state index contributed by atoms with van der Waals surface area (Å²) in [5.41, 5.74) is 1.79. The van der Waals surface area contributed by atoms with Gasteiger partial charge in [0.25, 0.3) is 0 Å². The van der Waals surface area contributed by atoms with E-state index in [1.807, 2.05) is 38.1 Å². The zero-order valence-corrected chi connectivity index (χ0v) is 13.4. The zero-order valence-electron chi connectivity index (χ0n) is 13.4. The quantitative estimate of drug-likeness (QED) is 0.636. The maximum atomic E-state index is 12.9. The SMILES string of the molecule is COc1c2c(cc3oc4ccccc4c(=O)c13)CCC(C)(C)O2. The fourth-order valence-corrected chi connectivity index (χ4v) is 3.21. The highest BCUT2D eigenvalue weighted by Gasteiger charge is 2.31. The topological polar surface area (TPSA) is 48.7 Å². The number of ether oxygens (including phenoxy) is 2. The first-order chi connectivity index (χ1) is 11.0. The highest BCUT2D eigenvalue weighted by molar-refractivity contribution is 5.95. The number of para-hydroxylation sites is 1. The molecule has 0 amide bonds. The van der Waals surface area contributed by atoms with Crippen LogP contribution in [0, 0.1) is 0 Å². The summed E-state index contributed by atoms with van der Waals surface area (Å²) >= 11 is 0. The molecular formula is C19H18O4. The molecule has 0 aliphatic carbocycles. The molecule has 4 heteroatoms. The molecule has 1 aromatic heterocycles. The predicted octanol–water partition coefficient (Wildman–Crippen LogP) is 4.06. The van der Waals surface area contributed by atoms with E-state index in [1.165, 1.54) is 0 Å². The van der Waals surface area contributed by atoms with Crippen LogP contribution in [0.2, 0.25) is 0 Å². The summed E-state index contributed by atoms with van der Waals surface area (Å²) < 4.78 is 17.6. The van der Waals surface area contributed by atoms with E-state index in [1.54, 1.807) is 13.2 Å². The van der Waals surface area contributed by atoms with Gasteiger partial charge < -0.3 is 13.9 Å². The van der Waals surface area contributed by atoms with Gasteiger partial charge in [0.05, 0.1) is 12.5 Å². The number of benzene rings is 2. The molecule has 2 aromatic carbocycles. The average Bonchev–Trinajstić information content (AvgIpc) is 2.53. The Bertz CT molecular complexity index is 982. The van der Waals surface area contributed by atoms with E-state index in [-0.39, 0.29) is 11.0 Å². The predicted molar refractivity (Wildman–Crippen MR) is 89.6 cm³/mol. The standard InChI is InChI=1S/C19H18O4/c1-19(2)9-8-11-10-14-15(18(21-3)17(11)23-19)16(20)12-6-4-5-7-13(12)22-14/h4-7,10H,8-9H2,1-3H3. The second kappa shape index (κ2) is 4.75. The lowest BCUT2D eigenvalue weighted by molar-refractivity contribution is 0.0808. The Morgan fingerprint density at radius 3 is 2.74 bits per heavy atom. The molecule has 1 aliphatic rings. The van der Waals surface area contributed by atoms with Crippen LogP contribution in [0.25, 0.3) is 21.9 Å². The summed E-state index contributed by atoms with van der Waals surface area (Å²) in [5, 5.41) is 0.996. The summed E-state index contributed by atoms with van der Waals surface area (Å²) in [6, 6.07) is 9.18. The van der Waals surface area contributed by atoms with Crippen molar-refractivity contribution in [2.75, 3.05) is 7.11 Å². The molecule has 4 nitrogen and oxygen atoms in total. The van der Waals surface area contributed by atoms with Crippen molar-refractivity contribution in [1.29, 1.82) is 0 Å². The van der Waals surface area contributed by atoms with Crippen LogP contribution in [-0.4, -0.2) is 12.7 Å². The fraction of sp³-hybridized carbons (Fsp3) is 0.316. The summed E-state index contributed by atoms with van der Waals surface area (Å²) in [6.07, 6.45) is 1.78. The second-order valence-electron chi connectivity index (χ2n) is 6.56. The first-order valence-corrected chi connectivity index (χ1v) is 7.74. The largest absolute Gasteiger partial charge is 0.492 e. The molecule has 118 valence electrons. The minimum absolute atomic E-state index is 0.0894. The molecule has 0 spiro atoms. The molecule has 0 atom stereocenters. The van der Waals surface area contributed by atoms with Crippen LogP contribution in [0.3, 0.4) is 0 Å². The minimum atomic E-state index is -0.273. The molecule has 0 unspecified atom stereocenters. The molecule has 0 fully saturated rings. The third-order valence-corrected chi connectivity index (χ3v) is 4.43. The lowest BCUT2D eigenvalue weighted by atomic mass is 9.93. The van der Waals surface area contributed by atoms with Crippen molar-refractivity contribution in [2.45, 2.75) is 32.3 Å². The number of hydrogen-bond donors (Lipinski definition) is 0. The van der Waals surface area contributed by atoms with Gasteiger partial charge in [0.15, 0.2) is 11.5 Å². The molecule has 4 rings (SSSR count). The smallest absolute Gasteiger partial charge is 0.204 e. The Labute approximate surface area is 133 Å². The molecule has 0 N–H and O–H groups in total. The van der Waals surface area contributed by atoms with Crippen molar-refractivity contribution < 1.29 is 13.9 Å². The van der Waals surface area contributed by atoms with Crippen LogP contribution in [0.5, 0.6) is 11.5 Å². The van der Waals surface area contributed by atoms with Gasteiger partial charge in [-0.1, -0.05) is 12.1 Å². The van der Waals surface area contributed by atoms with E-state index < -0.39 is 0 Å². The van der Waals surface area contributed by atoms with Crippen LogP contribution >= 0.6 is 0 Å². The van der Waals surface area contributed by atoms with Crippen LogP contribution in [0.4, 0.5) is 0 Å². The lowest BCUT2D eigenvalue weighted by Gasteiger charge is -2.33. The average molecular weight is 310 g/mol. The van der Waals surface area contributed by atoms with Crippen molar-refractivity contribution in [3.8, 4) is 11.5 Å². The van der Waals surface area contributed by atoms with Gasteiger partial charge in [-0.05, 0) is 44.9 Å². The third-order valence-electron chi connectivity index (χ3n) is 4.43. The van der Waals surface area contributed by atoms with E-state index in [2.05, 4.69) is 0 Å². The maximum absolute atomic E-state index is 12.9. The number of hydrogen-bond acceptors (Lipinski definition) is 4. The van der Waals surface area contributed by atoms with Gasteiger partial charge in [0.1, 0.15) is 22.2 Å². The number of methoxy groups -OCH3 is 1. The molecule has 0 bridgehead atoms. The van der Waals surface area contributed by atoms with E-state index in [9.17, 15) is 4.79 Å². The van der Waals surface area contributed by atoms with E-state index in [4.69, 9.17) is 13.9 Å². The summed E-state index contributed by atoms with van der Waals surface area (Å²) in [4.78, 5) is 12.9. The second-order valence-corrected chi connectivity index (χ2v) is 6.56. The summed E-state index contributed by atoms with van der Waals surface area (Å²) in [6.45, 7) is 4.09. The number of aryl methyl sites for hydroxylation is 1. The van der Waals surface area contributed by atoms with Crippen molar-refractivity contribution in [3.63, 3.8) is 0 Å². The van der Waals surface area contributed by atoms with Crippen molar-refractivity contribution >= 4 is 21.9 Å². The van der Waals surface area contributed by atoms with Crippen molar-refractivity contribution in [1.82, 2.24) is 0 Å². The first kappa shape index (κ1) is 14.1. The van der Waals surface area contributed by atoms with Gasteiger partial charge >= 0.3 is 0 Å². The van der Waals surface area contributed by atoms with E-state index in [0.29, 0.717) is 33.4 Å². The van der Waals surface area contributed by atoms with Crippen molar-refractivity contribution in [3.05, 3.63) is 46.1 Å². The van der Waals surface area contributed by atoms with E-state index >= 15 is 0 Å². The van der Waals surface area contributed by atoms with Crippen LogP contribution in [0.1, 0.15) is 25.8 Å². The Balaban J connectivity index is 2.14. The fourth-order valence-electron chi connectivity index (χ4n) is 3.21. The minimum Gasteiger partial charge on any atom is -0.492 e. The third kappa shape index (κ3) is 2.09. The molecule has 1 aliphatic heterocycles. The Kier molecular flexibility index (Phi) is 2.92. The van der Waals surface area contributed by atoms with Gasteiger partial charge in [-0.15, -0.1) is 0 Å². The zero-order chi connectivity index (χ0) is 16.2.